The number of aromatic nitrogens is 1. The summed E-state index contributed by atoms with van der Waals surface area (Å²) in [5, 5.41) is 9.06. The number of rotatable bonds is 2. The van der Waals surface area contributed by atoms with E-state index in [0.717, 1.165) is 93.7 Å². The number of furan rings is 3. The quantitative estimate of drug-likeness (QED) is 0.201. The van der Waals surface area contributed by atoms with E-state index < -0.39 is 0 Å². The van der Waals surface area contributed by atoms with Crippen LogP contribution >= 0.6 is 0 Å². The van der Waals surface area contributed by atoms with Crippen LogP contribution in [0.4, 0.5) is 0 Å². The van der Waals surface area contributed by atoms with Crippen LogP contribution in [0.3, 0.4) is 0 Å². The van der Waals surface area contributed by atoms with Crippen molar-refractivity contribution in [1.29, 1.82) is 0 Å². The van der Waals surface area contributed by atoms with Gasteiger partial charge in [0.05, 0.1) is 11.0 Å². The zero-order chi connectivity index (χ0) is 29.9. The molecule has 0 atom stereocenters. The second-order valence-corrected chi connectivity index (χ2v) is 12.1. The van der Waals surface area contributed by atoms with E-state index in [4.69, 9.17) is 13.3 Å². The lowest BCUT2D eigenvalue weighted by molar-refractivity contribution is 0.668. The molecule has 0 amide bonds. The van der Waals surface area contributed by atoms with E-state index in [-0.39, 0.29) is 0 Å². The predicted octanol–water partition coefficient (Wildman–Crippen LogP) is 12.1. The van der Waals surface area contributed by atoms with Crippen molar-refractivity contribution in [3.8, 4) is 16.8 Å². The van der Waals surface area contributed by atoms with Crippen LogP contribution in [0.2, 0.25) is 0 Å². The highest BCUT2D eigenvalue weighted by Crippen LogP contribution is 2.43. The van der Waals surface area contributed by atoms with Crippen LogP contribution < -0.4 is 0 Å². The lowest BCUT2D eigenvalue weighted by atomic mass is 9.97. The molecule has 0 aliphatic heterocycles. The van der Waals surface area contributed by atoms with Crippen molar-refractivity contribution in [2.24, 2.45) is 0 Å². The molecule has 0 radical (unpaired) electrons. The first-order chi connectivity index (χ1) is 22.8. The standard InChI is InChI=1S/C42H23NO3/c1-4-15-34-25(9-1)31-22-33-26-10-2-5-16-36(26)45-40(33)23-35(31)43(34)24-19-20-38-32(21-24)29-14-7-13-28(42(29)46-38)27-12-8-18-39-41(27)30-11-3-6-17-37(30)44-39/h1-23H. The average molecular weight is 590 g/mol. The number of hydrogen-bond donors (Lipinski definition) is 0. The summed E-state index contributed by atoms with van der Waals surface area (Å²) in [6.45, 7) is 0. The van der Waals surface area contributed by atoms with E-state index in [9.17, 15) is 0 Å². The summed E-state index contributed by atoms with van der Waals surface area (Å²) in [7, 11) is 0. The molecule has 46 heavy (non-hydrogen) atoms. The van der Waals surface area contributed by atoms with E-state index in [0.29, 0.717) is 0 Å². The first-order valence-corrected chi connectivity index (χ1v) is 15.5. The molecule has 214 valence electrons. The number of benzene rings is 7. The second kappa shape index (κ2) is 8.68. The molecule has 0 saturated heterocycles. The topological polar surface area (TPSA) is 44.4 Å². The third-order valence-corrected chi connectivity index (χ3v) is 9.60. The molecule has 0 aliphatic carbocycles. The Morgan fingerprint density at radius 2 is 1.00 bits per heavy atom. The summed E-state index contributed by atoms with van der Waals surface area (Å²) < 4.78 is 21.6. The summed E-state index contributed by atoms with van der Waals surface area (Å²) in [6, 6.07) is 48.8. The smallest absolute Gasteiger partial charge is 0.143 e. The van der Waals surface area contributed by atoms with Gasteiger partial charge in [-0.2, -0.15) is 0 Å². The number of fused-ring (bicyclic) bond motifs is 12. The minimum Gasteiger partial charge on any atom is -0.456 e. The van der Waals surface area contributed by atoms with Gasteiger partial charge in [0.25, 0.3) is 0 Å². The van der Waals surface area contributed by atoms with Gasteiger partial charge in [0.2, 0.25) is 0 Å². The van der Waals surface area contributed by atoms with Crippen molar-refractivity contribution < 1.29 is 13.3 Å². The normalized spacial score (nSPS) is 12.3. The molecule has 7 aromatic carbocycles. The monoisotopic (exact) mass is 589 g/mol. The molecule has 0 saturated carbocycles. The summed E-state index contributed by atoms with van der Waals surface area (Å²) in [4.78, 5) is 0. The fraction of sp³-hybridized carbons (Fsp3) is 0. The van der Waals surface area contributed by atoms with Crippen LogP contribution in [0, 0.1) is 0 Å². The molecule has 0 bridgehead atoms. The van der Waals surface area contributed by atoms with Crippen molar-refractivity contribution in [3.05, 3.63) is 140 Å². The van der Waals surface area contributed by atoms with Crippen molar-refractivity contribution in [2.45, 2.75) is 0 Å². The lowest BCUT2D eigenvalue weighted by Gasteiger charge is -2.08. The Hall–Kier alpha value is -6.26. The van der Waals surface area contributed by atoms with Gasteiger partial charge in [-0.15, -0.1) is 0 Å². The SMILES string of the molecule is c1ccc2c(c1)oc1cc3c(cc12)c1ccccc1n3-c1ccc2oc3c(-c4cccc5oc6ccccc6c45)cccc3c2c1. The van der Waals surface area contributed by atoms with Gasteiger partial charge >= 0.3 is 0 Å². The molecule has 0 spiro atoms. The molecule has 4 heterocycles. The van der Waals surface area contributed by atoms with Gasteiger partial charge in [-0.25, -0.2) is 0 Å². The van der Waals surface area contributed by atoms with Gasteiger partial charge in [-0.05, 0) is 54.1 Å². The molecule has 0 unspecified atom stereocenters. The molecular weight excluding hydrogens is 566 g/mol. The molecule has 0 N–H and O–H groups in total. The Balaban J connectivity index is 1.17. The summed E-state index contributed by atoms with van der Waals surface area (Å²) in [5.74, 6) is 0. The maximum Gasteiger partial charge on any atom is 0.143 e. The molecule has 4 aromatic heterocycles. The first kappa shape index (κ1) is 24.1. The highest BCUT2D eigenvalue weighted by atomic mass is 16.3. The summed E-state index contributed by atoms with van der Waals surface area (Å²) >= 11 is 0. The van der Waals surface area contributed by atoms with Crippen LogP contribution in [0.5, 0.6) is 0 Å². The van der Waals surface area contributed by atoms with E-state index in [1.54, 1.807) is 0 Å². The molecule has 0 aliphatic rings. The Labute approximate surface area is 261 Å². The van der Waals surface area contributed by atoms with Crippen LogP contribution in [0.25, 0.3) is 104 Å². The van der Waals surface area contributed by atoms with Gasteiger partial charge in [0.1, 0.15) is 33.5 Å². The van der Waals surface area contributed by atoms with Crippen LogP contribution in [0.15, 0.2) is 153 Å². The zero-order valence-corrected chi connectivity index (χ0v) is 24.5. The van der Waals surface area contributed by atoms with Crippen LogP contribution in [-0.4, -0.2) is 4.57 Å². The average Bonchev–Trinajstić information content (AvgIpc) is 3.85. The van der Waals surface area contributed by atoms with Crippen LogP contribution in [0.1, 0.15) is 0 Å². The van der Waals surface area contributed by atoms with Gasteiger partial charge in [-0.1, -0.05) is 84.9 Å². The third-order valence-electron chi connectivity index (χ3n) is 9.60. The minimum atomic E-state index is 0.857. The van der Waals surface area contributed by atoms with E-state index in [1.165, 1.54) is 10.8 Å². The largest absolute Gasteiger partial charge is 0.456 e. The summed E-state index contributed by atoms with van der Waals surface area (Å²) in [6.07, 6.45) is 0. The van der Waals surface area contributed by atoms with E-state index in [1.807, 2.05) is 30.3 Å². The predicted molar refractivity (Wildman–Crippen MR) is 188 cm³/mol. The molecule has 4 nitrogen and oxygen atoms in total. The second-order valence-electron chi connectivity index (χ2n) is 12.1. The molecule has 11 rings (SSSR count). The zero-order valence-electron chi connectivity index (χ0n) is 24.5. The van der Waals surface area contributed by atoms with Crippen molar-refractivity contribution in [3.63, 3.8) is 0 Å². The van der Waals surface area contributed by atoms with Crippen molar-refractivity contribution in [2.75, 3.05) is 0 Å². The molecule has 0 fully saturated rings. The minimum absolute atomic E-state index is 0.857. The maximum atomic E-state index is 6.66. The van der Waals surface area contributed by atoms with Gasteiger partial charge in [0.15, 0.2) is 0 Å². The van der Waals surface area contributed by atoms with Gasteiger partial charge in [-0.3, -0.25) is 0 Å². The fourth-order valence-electron chi connectivity index (χ4n) is 7.60. The van der Waals surface area contributed by atoms with Crippen molar-refractivity contribution >= 4 is 87.6 Å². The Morgan fingerprint density at radius 1 is 0.348 bits per heavy atom. The number of hydrogen-bond acceptors (Lipinski definition) is 3. The molecule has 4 heteroatoms. The Morgan fingerprint density at radius 3 is 1.91 bits per heavy atom. The van der Waals surface area contributed by atoms with Crippen molar-refractivity contribution in [1.82, 2.24) is 4.57 Å². The highest BCUT2D eigenvalue weighted by Gasteiger charge is 2.20. The fourth-order valence-corrected chi connectivity index (χ4v) is 7.60. The Bertz CT molecular complexity index is 3040. The summed E-state index contributed by atoms with van der Waals surface area (Å²) in [5.41, 5.74) is 10.8. The maximum absolute atomic E-state index is 6.66. The lowest BCUT2D eigenvalue weighted by Crippen LogP contribution is -1.93. The van der Waals surface area contributed by atoms with E-state index in [2.05, 4.69) is 114 Å². The first-order valence-electron chi connectivity index (χ1n) is 15.5. The third kappa shape index (κ3) is 3.12. The van der Waals surface area contributed by atoms with Crippen LogP contribution in [-0.2, 0) is 0 Å². The Kier molecular flexibility index (Phi) is 4.55. The molecule has 11 aromatic rings. The van der Waals surface area contributed by atoms with Gasteiger partial charge in [0, 0.05) is 60.4 Å². The molecular formula is C42H23NO3. The van der Waals surface area contributed by atoms with E-state index >= 15 is 0 Å². The highest BCUT2D eigenvalue weighted by molar-refractivity contribution is 6.19. The number of para-hydroxylation sites is 4. The number of nitrogens with zero attached hydrogens (tertiary/aromatic N) is 1. The van der Waals surface area contributed by atoms with Gasteiger partial charge < -0.3 is 17.8 Å².